The van der Waals surface area contributed by atoms with Crippen LogP contribution in [0.15, 0.2) is 23.2 Å². The maximum absolute atomic E-state index is 12.1. The number of benzene rings is 1. The van der Waals surface area contributed by atoms with Crippen molar-refractivity contribution in [2.45, 2.75) is 32.1 Å². The maximum Gasteiger partial charge on any atom is 0.306 e. The van der Waals surface area contributed by atoms with E-state index in [4.69, 9.17) is 11.5 Å². The van der Waals surface area contributed by atoms with Crippen LogP contribution in [-0.2, 0) is 27.2 Å². The summed E-state index contributed by atoms with van der Waals surface area (Å²) in [6, 6.07) is 6.08. The van der Waals surface area contributed by atoms with Gasteiger partial charge in [-0.1, -0.05) is 12.1 Å². The first-order valence-electron chi connectivity index (χ1n) is 8.04. The van der Waals surface area contributed by atoms with E-state index in [0.717, 1.165) is 36.1 Å². The van der Waals surface area contributed by atoms with Crippen LogP contribution in [0.25, 0.3) is 0 Å². The minimum absolute atomic E-state index is 0.105. The van der Waals surface area contributed by atoms with Crippen molar-refractivity contribution in [3.05, 3.63) is 29.3 Å². The van der Waals surface area contributed by atoms with E-state index in [-0.39, 0.29) is 30.2 Å². The molecule has 7 heteroatoms. The smallest absolute Gasteiger partial charge is 0.306 e. The summed E-state index contributed by atoms with van der Waals surface area (Å²) in [7, 11) is 1.33. The largest absolute Gasteiger partial charge is 0.469 e. The summed E-state index contributed by atoms with van der Waals surface area (Å²) in [5.74, 6) is -0.739. The van der Waals surface area contributed by atoms with E-state index in [9.17, 15) is 9.59 Å². The van der Waals surface area contributed by atoms with Gasteiger partial charge in [-0.25, -0.2) is 0 Å². The highest BCUT2D eigenvalue weighted by Gasteiger charge is 2.28. The Hall–Kier alpha value is -2.57. The molecule has 1 aromatic carbocycles. The normalized spacial score (nSPS) is 16.0. The number of guanidine groups is 1. The predicted molar refractivity (Wildman–Crippen MR) is 92.5 cm³/mol. The van der Waals surface area contributed by atoms with E-state index in [1.54, 1.807) is 0 Å². The van der Waals surface area contributed by atoms with Crippen LogP contribution in [0.1, 0.15) is 30.4 Å². The fourth-order valence-corrected chi connectivity index (χ4v) is 2.76. The molecule has 5 N–H and O–H groups in total. The lowest BCUT2D eigenvalue weighted by Crippen LogP contribution is -2.31. The molecule has 0 saturated heterocycles. The summed E-state index contributed by atoms with van der Waals surface area (Å²) in [4.78, 5) is 27.5. The van der Waals surface area contributed by atoms with Crippen LogP contribution < -0.4 is 16.8 Å². The topological polar surface area (TPSA) is 120 Å². The lowest BCUT2D eigenvalue weighted by Gasteiger charge is -2.24. The van der Waals surface area contributed by atoms with Gasteiger partial charge in [0.1, 0.15) is 0 Å². The lowest BCUT2D eigenvalue weighted by atomic mass is 9.89. The number of fused-ring (bicyclic) bond motifs is 1. The number of aryl methyl sites for hydroxylation is 1. The number of carbonyl (C=O) groups excluding carboxylic acids is 2. The molecule has 1 aromatic rings. The second kappa shape index (κ2) is 8.33. The zero-order valence-electron chi connectivity index (χ0n) is 13.9. The summed E-state index contributed by atoms with van der Waals surface area (Å²) in [6.45, 7) is 0.624. The summed E-state index contributed by atoms with van der Waals surface area (Å²) < 4.78 is 4.64. The van der Waals surface area contributed by atoms with Crippen LogP contribution in [0.3, 0.4) is 0 Å². The molecule has 130 valence electrons. The summed E-state index contributed by atoms with van der Waals surface area (Å²) in [5, 5.41) is 2.89. The molecule has 2 rings (SSSR count). The number of methoxy groups -OCH3 is 1. The molecule has 0 spiro atoms. The third-order valence-corrected chi connectivity index (χ3v) is 4.08. The van der Waals surface area contributed by atoms with Crippen LogP contribution in [0.5, 0.6) is 0 Å². The zero-order chi connectivity index (χ0) is 17.5. The molecule has 1 aliphatic rings. The number of carbonyl (C=O) groups is 2. The Labute approximate surface area is 141 Å². The molecule has 1 atom stereocenters. The Kier molecular flexibility index (Phi) is 6.17. The van der Waals surface area contributed by atoms with Crippen molar-refractivity contribution in [1.82, 2.24) is 0 Å². The molecule has 1 unspecified atom stereocenters. The average Bonchev–Trinajstić information content (AvgIpc) is 2.54. The van der Waals surface area contributed by atoms with Crippen LogP contribution in [0.2, 0.25) is 0 Å². The lowest BCUT2D eigenvalue weighted by molar-refractivity contribution is -0.143. The van der Waals surface area contributed by atoms with Crippen molar-refractivity contribution in [2.24, 2.45) is 22.4 Å². The average molecular weight is 332 g/mol. The van der Waals surface area contributed by atoms with E-state index in [1.807, 2.05) is 12.1 Å². The zero-order valence-corrected chi connectivity index (χ0v) is 13.9. The van der Waals surface area contributed by atoms with Gasteiger partial charge >= 0.3 is 5.97 Å². The third-order valence-electron chi connectivity index (χ3n) is 4.08. The molecular weight excluding hydrogens is 308 g/mol. The number of aliphatic imine (C=N–C) groups is 1. The summed E-state index contributed by atoms with van der Waals surface area (Å²) in [6.07, 6.45) is 3.43. The number of anilines is 1. The number of esters is 1. The van der Waals surface area contributed by atoms with Crippen molar-refractivity contribution in [2.75, 3.05) is 19.0 Å². The Morgan fingerprint density at radius 3 is 2.88 bits per heavy atom. The first kappa shape index (κ1) is 17.8. The summed E-state index contributed by atoms with van der Waals surface area (Å²) >= 11 is 0. The number of unbranched alkanes of at least 4 members (excludes halogenated alkanes) is 1. The second-order valence-corrected chi connectivity index (χ2v) is 5.93. The number of amides is 1. The van der Waals surface area contributed by atoms with Crippen molar-refractivity contribution in [1.29, 1.82) is 0 Å². The molecule has 1 heterocycles. The number of hydrogen-bond acceptors (Lipinski definition) is 4. The van der Waals surface area contributed by atoms with Crippen molar-refractivity contribution in [3.63, 3.8) is 0 Å². The molecule has 1 amide bonds. The van der Waals surface area contributed by atoms with Gasteiger partial charge in [-0.3, -0.25) is 14.6 Å². The highest BCUT2D eigenvalue weighted by Crippen LogP contribution is 2.28. The van der Waals surface area contributed by atoms with Gasteiger partial charge in [-0.05, 0) is 42.9 Å². The van der Waals surface area contributed by atoms with Gasteiger partial charge in [-0.15, -0.1) is 0 Å². The quantitative estimate of drug-likeness (QED) is 0.297. The van der Waals surface area contributed by atoms with Gasteiger partial charge in [0.2, 0.25) is 5.91 Å². The van der Waals surface area contributed by atoms with Gasteiger partial charge in [-0.2, -0.15) is 0 Å². The van der Waals surface area contributed by atoms with E-state index >= 15 is 0 Å². The second-order valence-electron chi connectivity index (χ2n) is 5.93. The van der Waals surface area contributed by atoms with Crippen molar-refractivity contribution in [3.8, 4) is 0 Å². The molecule has 1 aliphatic heterocycles. The fraction of sp³-hybridized carbons (Fsp3) is 0.471. The van der Waals surface area contributed by atoms with Gasteiger partial charge < -0.3 is 21.5 Å². The Morgan fingerprint density at radius 1 is 1.38 bits per heavy atom. The van der Waals surface area contributed by atoms with Crippen LogP contribution in [0, 0.1) is 5.92 Å². The molecule has 0 aromatic heterocycles. The monoisotopic (exact) mass is 332 g/mol. The Bertz CT molecular complexity index is 639. The van der Waals surface area contributed by atoms with Gasteiger partial charge in [0.15, 0.2) is 5.96 Å². The van der Waals surface area contributed by atoms with E-state index in [2.05, 4.69) is 21.1 Å². The number of ether oxygens (including phenoxy) is 1. The van der Waals surface area contributed by atoms with Crippen molar-refractivity contribution < 1.29 is 14.3 Å². The van der Waals surface area contributed by atoms with Crippen LogP contribution in [-0.4, -0.2) is 31.5 Å². The number of nitrogens with two attached hydrogens (primary N) is 2. The highest BCUT2D eigenvalue weighted by atomic mass is 16.5. The maximum atomic E-state index is 12.1. The molecule has 24 heavy (non-hydrogen) atoms. The first-order chi connectivity index (χ1) is 11.5. The van der Waals surface area contributed by atoms with E-state index in [1.165, 1.54) is 7.11 Å². The van der Waals surface area contributed by atoms with Crippen molar-refractivity contribution >= 4 is 23.5 Å². The van der Waals surface area contributed by atoms with Gasteiger partial charge in [0.05, 0.1) is 19.4 Å². The SMILES string of the molecule is COC(=O)CC1Cc2ccc(CCCCN=C(N)N)cc2NC1=O. The highest BCUT2D eigenvalue weighted by molar-refractivity contribution is 5.97. The van der Waals surface area contributed by atoms with Gasteiger partial charge in [0, 0.05) is 12.2 Å². The number of nitrogens with one attached hydrogen (secondary N) is 1. The minimum Gasteiger partial charge on any atom is -0.469 e. The van der Waals surface area contributed by atoms with E-state index < -0.39 is 0 Å². The molecule has 0 bridgehead atoms. The number of nitrogens with zero attached hydrogens (tertiary/aromatic N) is 1. The predicted octanol–water partition coefficient (Wildman–Crippen LogP) is 0.957. The molecule has 0 saturated carbocycles. The van der Waals surface area contributed by atoms with Crippen LogP contribution in [0.4, 0.5) is 5.69 Å². The molecule has 7 nitrogen and oxygen atoms in total. The molecule has 0 radical (unpaired) electrons. The van der Waals surface area contributed by atoms with Crippen LogP contribution >= 0.6 is 0 Å². The minimum atomic E-state index is -0.365. The summed E-state index contributed by atoms with van der Waals surface area (Å²) in [5.41, 5.74) is 13.6. The Morgan fingerprint density at radius 2 is 2.17 bits per heavy atom. The molecular formula is C17H24N4O3. The number of hydrogen-bond donors (Lipinski definition) is 3. The molecule has 0 aliphatic carbocycles. The third kappa shape index (κ3) is 4.97. The standard InChI is InChI=1S/C17H24N4O3/c1-24-15(22)10-13-9-12-6-5-11(8-14(12)21-16(13)23)4-2-3-7-20-17(18)19/h5-6,8,13H,2-4,7,9-10H2,1H3,(H,21,23)(H4,18,19,20). The van der Waals surface area contributed by atoms with Gasteiger partial charge in [0.25, 0.3) is 0 Å². The molecule has 0 fully saturated rings. The first-order valence-corrected chi connectivity index (χ1v) is 8.04. The Balaban J connectivity index is 1.92. The fourth-order valence-electron chi connectivity index (χ4n) is 2.76. The number of rotatable bonds is 7. The van der Waals surface area contributed by atoms with E-state index in [0.29, 0.717) is 13.0 Å².